The van der Waals surface area contributed by atoms with Crippen molar-refractivity contribution in [2.24, 2.45) is 5.73 Å². The van der Waals surface area contributed by atoms with Gasteiger partial charge in [0.05, 0.1) is 6.61 Å². The second-order valence-corrected chi connectivity index (χ2v) is 3.21. The molecule has 0 bridgehead atoms. The van der Waals surface area contributed by atoms with Crippen molar-refractivity contribution in [1.29, 1.82) is 0 Å². The van der Waals surface area contributed by atoms with Crippen molar-refractivity contribution in [3.05, 3.63) is 23.0 Å². The first-order chi connectivity index (χ1) is 5.83. The Hall–Kier alpha value is -0.800. The molecule has 1 aromatic rings. The van der Waals surface area contributed by atoms with E-state index in [0.717, 1.165) is 13.0 Å². The molecule has 3 heteroatoms. The van der Waals surface area contributed by atoms with Crippen molar-refractivity contribution in [2.75, 3.05) is 13.2 Å². The Morgan fingerprint density at radius 3 is 3.33 bits per heavy atom. The number of nitrogens with one attached hydrogen (secondary N) is 1. The minimum Gasteiger partial charge on any atom is -0.370 e. The molecule has 0 saturated carbocycles. The van der Waals surface area contributed by atoms with Crippen LogP contribution in [0.2, 0.25) is 0 Å². The van der Waals surface area contributed by atoms with E-state index in [0.29, 0.717) is 6.54 Å². The topological polar surface area (TPSA) is 51.0 Å². The van der Waals surface area contributed by atoms with Gasteiger partial charge in [0.15, 0.2) is 0 Å². The molecule has 12 heavy (non-hydrogen) atoms. The van der Waals surface area contributed by atoms with E-state index in [1.54, 1.807) is 0 Å². The normalized spacial score (nSPS) is 22.3. The Morgan fingerprint density at radius 1 is 1.75 bits per heavy atom. The second kappa shape index (κ2) is 2.92. The Labute approximate surface area is 71.9 Å². The highest BCUT2D eigenvalue weighted by Gasteiger charge is 2.21. The van der Waals surface area contributed by atoms with Gasteiger partial charge < -0.3 is 15.5 Å². The first-order valence-corrected chi connectivity index (χ1v) is 4.31. The number of hydrogen-bond acceptors (Lipinski definition) is 2. The van der Waals surface area contributed by atoms with Crippen molar-refractivity contribution in [2.45, 2.75) is 19.4 Å². The summed E-state index contributed by atoms with van der Waals surface area (Å²) in [6.45, 7) is 3.48. The molecule has 0 fully saturated rings. The third-order valence-corrected chi connectivity index (χ3v) is 2.45. The molecular formula is C9H14N2O. The molecule has 0 saturated heterocycles. The lowest BCUT2D eigenvalue weighted by Gasteiger charge is -2.22. The van der Waals surface area contributed by atoms with Gasteiger partial charge in [-0.2, -0.15) is 0 Å². The van der Waals surface area contributed by atoms with E-state index in [2.05, 4.69) is 11.9 Å². The number of ether oxygens (including phenoxy) is 1. The van der Waals surface area contributed by atoms with Crippen LogP contribution in [0.4, 0.5) is 0 Å². The van der Waals surface area contributed by atoms with Crippen molar-refractivity contribution in [3.8, 4) is 0 Å². The van der Waals surface area contributed by atoms with Crippen molar-refractivity contribution >= 4 is 0 Å². The van der Waals surface area contributed by atoms with E-state index < -0.39 is 0 Å². The molecule has 1 atom stereocenters. The molecule has 0 amide bonds. The van der Waals surface area contributed by atoms with Crippen molar-refractivity contribution in [3.63, 3.8) is 0 Å². The minimum absolute atomic E-state index is 0.0856. The summed E-state index contributed by atoms with van der Waals surface area (Å²) in [7, 11) is 0. The maximum absolute atomic E-state index is 5.58. The van der Waals surface area contributed by atoms with Crippen LogP contribution in [0.5, 0.6) is 0 Å². The zero-order valence-electron chi connectivity index (χ0n) is 7.26. The summed E-state index contributed by atoms with van der Waals surface area (Å²) in [6, 6.07) is 0. The highest BCUT2D eigenvalue weighted by atomic mass is 16.5. The van der Waals surface area contributed by atoms with Crippen LogP contribution < -0.4 is 5.73 Å². The number of aromatic amines is 1. The first-order valence-electron chi connectivity index (χ1n) is 4.31. The number of aromatic nitrogens is 1. The molecule has 0 radical (unpaired) electrons. The van der Waals surface area contributed by atoms with Gasteiger partial charge in [0.2, 0.25) is 0 Å². The standard InChI is InChI=1S/C9H14N2O/c1-6-5-11-9-7(6)2-3-12-8(9)4-10/h5,8,11H,2-4,10H2,1H3/t8-/m0/s1. The molecule has 1 aromatic heterocycles. The fraction of sp³-hybridized carbons (Fsp3) is 0.556. The van der Waals surface area contributed by atoms with Crippen LogP contribution in [0.15, 0.2) is 6.20 Å². The zero-order chi connectivity index (χ0) is 8.55. The summed E-state index contributed by atoms with van der Waals surface area (Å²) < 4.78 is 5.51. The van der Waals surface area contributed by atoms with Crippen LogP contribution in [0, 0.1) is 6.92 Å². The number of aryl methyl sites for hydroxylation is 1. The van der Waals surface area contributed by atoms with Gasteiger partial charge in [0.1, 0.15) is 6.10 Å². The van der Waals surface area contributed by atoms with E-state index in [-0.39, 0.29) is 6.10 Å². The maximum atomic E-state index is 5.58. The zero-order valence-corrected chi connectivity index (χ0v) is 7.26. The Bertz CT molecular complexity index is 280. The van der Waals surface area contributed by atoms with Gasteiger partial charge in [-0.05, 0) is 24.5 Å². The van der Waals surface area contributed by atoms with Crippen molar-refractivity contribution < 1.29 is 4.74 Å². The largest absolute Gasteiger partial charge is 0.370 e. The molecule has 2 rings (SSSR count). The van der Waals surface area contributed by atoms with Crippen LogP contribution >= 0.6 is 0 Å². The molecule has 0 aromatic carbocycles. The quantitative estimate of drug-likeness (QED) is 0.651. The molecule has 0 aliphatic carbocycles. The summed E-state index contributed by atoms with van der Waals surface area (Å²) >= 11 is 0. The summed E-state index contributed by atoms with van der Waals surface area (Å²) in [6.07, 6.45) is 3.13. The monoisotopic (exact) mass is 166 g/mol. The van der Waals surface area contributed by atoms with Gasteiger partial charge in [0.25, 0.3) is 0 Å². The second-order valence-electron chi connectivity index (χ2n) is 3.21. The van der Waals surface area contributed by atoms with Crippen molar-refractivity contribution in [1.82, 2.24) is 4.98 Å². The predicted octanol–water partition coefficient (Wildman–Crippen LogP) is 0.896. The van der Waals surface area contributed by atoms with Gasteiger partial charge in [-0.15, -0.1) is 0 Å². The average molecular weight is 166 g/mol. The van der Waals surface area contributed by atoms with Crippen LogP contribution in [0.1, 0.15) is 22.9 Å². The first kappa shape index (κ1) is 7.83. The summed E-state index contributed by atoms with van der Waals surface area (Å²) in [4.78, 5) is 3.22. The van der Waals surface area contributed by atoms with E-state index >= 15 is 0 Å². The molecule has 1 aliphatic heterocycles. The van der Waals surface area contributed by atoms with Gasteiger partial charge in [0, 0.05) is 18.4 Å². The molecule has 3 N–H and O–H groups in total. The molecule has 0 unspecified atom stereocenters. The van der Waals surface area contributed by atoms with E-state index in [1.807, 2.05) is 6.20 Å². The Balaban J connectivity index is 2.38. The van der Waals surface area contributed by atoms with Gasteiger partial charge in [-0.3, -0.25) is 0 Å². The highest BCUT2D eigenvalue weighted by Crippen LogP contribution is 2.27. The predicted molar refractivity (Wildman–Crippen MR) is 47.0 cm³/mol. The van der Waals surface area contributed by atoms with Crippen LogP contribution in [0.25, 0.3) is 0 Å². The summed E-state index contributed by atoms with van der Waals surface area (Å²) in [5.41, 5.74) is 9.49. The van der Waals surface area contributed by atoms with E-state index in [4.69, 9.17) is 10.5 Å². The Kier molecular flexibility index (Phi) is 1.90. The summed E-state index contributed by atoms with van der Waals surface area (Å²) in [5.74, 6) is 0. The molecule has 0 spiro atoms. The fourth-order valence-electron chi connectivity index (χ4n) is 1.76. The molecule has 1 aliphatic rings. The number of nitrogens with two attached hydrogens (primary N) is 1. The lowest BCUT2D eigenvalue weighted by atomic mass is 10.0. The molecular weight excluding hydrogens is 152 g/mol. The highest BCUT2D eigenvalue weighted by molar-refractivity contribution is 5.33. The average Bonchev–Trinajstić information content (AvgIpc) is 2.48. The van der Waals surface area contributed by atoms with Crippen LogP contribution in [-0.2, 0) is 11.2 Å². The van der Waals surface area contributed by atoms with Crippen LogP contribution in [0.3, 0.4) is 0 Å². The number of fused-ring (bicyclic) bond motifs is 1. The number of rotatable bonds is 1. The fourth-order valence-corrected chi connectivity index (χ4v) is 1.76. The number of H-pyrrole nitrogens is 1. The Morgan fingerprint density at radius 2 is 2.58 bits per heavy atom. The van der Waals surface area contributed by atoms with Gasteiger partial charge >= 0.3 is 0 Å². The lowest BCUT2D eigenvalue weighted by Crippen LogP contribution is -2.22. The van der Waals surface area contributed by atoms with Gasteiger partial charge in [-0.1, -0.05) is 0 Å². The lowest BCUT2D eigenvalue weighted by molar-refractivity contribution is 0.0458. The molecule has 2 heterocycles. The minimum atomic E-state index is 0.0856. The third-order valence-electron chi connectivity index (χ3n) is 2.45. The maximum Gasteiger partial charge on any atom is 0.110 e. The third kappa shape index (κ3) is 1.06. The van der Waals surface area contributed by atoms with E-state index in [1.165, 1.54) is 16.8 Å². The summed E-state index contributed by atoms with van der Waals surface area (Å²) in [5, 5.41) is 0. The number of hydrogen-bond donors (Lipinski definition) is 2. The van der Waals surface area contributed by atoms with Gasteiger partial charge in [-0.25, -0.2) is 0 Å². The van der Waals surface area contributed by atoms with Crippen LogP contribution in [-0.4, -0.2) is 18.1 Å². The van der Waals surface area contributed by atoms with E-state index in [9.17, 15) is 0 Å². The molecule has 66 valence electrons. The SMILES string of the molecule is Cc1c[nH]c2c1CCO[C@H]2CN. The molecule has 3 nitrogen and oxygen atoms in total. The smallest absolute Gasteiger partial charge is 0.110 e.